The Labute approximate surface area is 176 Å². The Morgan fingerprint density at radius 1 is 0.897 bits per heavy atom. The summed E-state index contributed by atoms with van der Waals surface area (Å²) >= 11 is 3.32. The smallest absolute Gasteiger partial charge is 0.340 e. The SMILES string of the molecule is CC(=O)c1cccc(NC(=O)[C@@H](OC(=O)c2ccccc2Br)c2ccccc2)c1. The summed E-state index contributed by atoms with van der Waals surface area (Å²) in [6.45, 7) is 1.45. The molecule has 0 bridgehead atoms. The van der Waals surface area contributed by atoms with Crippen LogP contribution in [-0.2, 0) is 9.53 Å². The Morgan fingerprint density at radius 3 is 2.28 bits per heavy atom. The van der Waals surface area contributed by atoms with E-state index >= 15 is 0 Å². The number of carbonyl (C=O) groups is 3. The summed E-state index contributed by atoms with van der Waals surface area (Å²) in [5, 5.41) is 2.73. The summed E-state index contributed by atoms with van der Waals surface area (Å²) in [5.74, 6) is -1.25. The highest BCUT2D eigenvalue weighted by atomic mass is 79.9. The molecule has 0 aliphatic carbocycles. The quantitative estimate of drug-likeness (QED) is 0.413. The van der Waals surface area contributed by atoms with E-state index in [0.717, 1.165) is 0 Å². The maximum absolute atomic E-state index is 13.0. The zero-order chi connectivity index (χ0) is 20.8. The predicted molar refractivity (Wildman–Crippen MR) is 114 cm³/mol. The van der Waals surface area contributed by atoms with Crippen molar-refractivity contribution in [2.24, 2.45) is 0 Å². The molecule has 0 aliphatic rings. The number of ether oxygens (including phenoxy) is 1. The normalized spacial score (nSPS) is 11.4. The lowest BCUT2D eigenvalue weighted by Crippen LogP contribution is -2.26. The molecule has 1 N–H and O–H groups in total. The van der Waals surface area contributed by atoms with Gasteiger partial charge in [-0.05, 0) is 47.1 Å². The molecular formula is C23H18BrNO4. The second kappa shape index (κ2) is 9.30. The van der Waals surface area contributed by atoms with Crippen LogP contribution in [0.4, 0.5) is 5.69 Å². The monoisotopic (exact) mass is 451 g/mol. The minimum Gasteiger partial charge on any atom is -0.444 e. The Morgan fingerprint density at radius 2 is 1.59 bits per heavy atom. The number of Topliss-reactive ketones (excluding diaryl/α,β-unsaturated/α-hetero) is 1. The molecule has 0 spiro atoms. The predicted octanol–water partition coefficient (Wildman–Crippen LogP) is 5.19. The zero-order valence-corrected chi connectivity index (χ0v) is 17.2. The number of rotatable bonds is 6. The van der Waals surface area contributed by atoms with E-state index < -0.39 is 18.0 Å². The number of halogens is 1. The molecule has 29 heavy (non-hydrogen) atoms. The summed E-state index contributed by atoms with van der Waals surface area (Å²) < 4.78 is 6.14. The van der Waals surface area contributed by atoms with Crippen LogP contribution < -0.4 is 5.32 Å². The molecular weight excluding hydrogens is 434 g/mol. The van der Waals surface area contributed by atoms with Crippen LogP contribution in [0.5, 0.6) is 0 Å². The molecule has 0 aliphatic heterocycles. The van der Waals surface area contributed by atoms with Crippen molar-refractivity contribution in [1.82, 2.24) is 0 Å². The van der Waals surface area contributed by atoms with Crippen LogP contribution in [0.3, 0.4) is 0 Å². The second-order valence-corrected chi connectivity index (χ2v) is 7.16. The van der Waals surface area contributed by atoms with Gasteiger partial charge in [0.15, 0.2) is 5.78 Å². The lowest BCUT2D eigenvalue weighted by atomic mass is 10.1. The Balaban J connectivity index is 1.87. The van der Waals surface area contributed by atoms with Crippen molar-refractivity contribution in [3.63, 3.8) is 0 Å². The van der Waals surface area contributed by atoms with E-state index in [0.29, 0.717) is 26.9 Å². The molecule has 0 saturated carbocycles. The number of carbonyl (C=O) groups excluding carboxylic acids is 3. The molecule has 3 rings (SSSR count). The fraction of sp³-hybridized carbons (Fsp3) is 0.0870. The van der Waals surface area contributed by atoms with Gasteiger partial charge in [0.05, 0.1) is 5.56 Å². The third-order valence-corrected chi connectivity index (χ3v) is 4.89. The third kappa shape index (κ3) is 5.18. The van der Waals surface area contributed by atoms with E-state index in [9.17, 15) is 14.4 Å². The summed E-state index contributed by atoms with van der Waals surface area (Å²) in [5.41, 5.74) is 1.78. The largest absolute Gasteiger partial charge is 0.444 e. The van der Waals surface area contributed by atoms with Gasteiger partial charge >= 0.3 is 5.97 Å². The van der Waals surface area contributed by atoms with Crippen molar-refractivity contribution < 1.29 is 19.1 Å². The lowest BCUT2D eigenvalue weighted by Gasteiger charge is -2.18. The number of anilines is 1. The van der Waals surface area contributed by atoms with E-state index in [2.05, 4.69) is 21.2 Å². The fourth-order valence-electron chi connectivity index (χ4n) is 2.72. The van der Waals surface area contributed by atoms with Crippen molar-refractivity contribution in [3.8, 4) is 0 Å². The minimum absolute atomic E-state index is 0.110. The van der Waals surface area contributed by atoms with Gasteiger partial charge in [-0.2, -0.15) is 0 Å². The molecule has 3 aromatic rings. The highest BCUT2D eigenvalue weighted by molar-refractivity contribution is 9.10. The molecule has 1 atom stereocenters. The third-order valence-electron chi connectivity index (χ3n) is 4.20. The molecule has 0 heterocycles. The van der Waals surface area contributed by atoms with Gasteiger partial charge in [0.25, 0.3) is 5.91 Å². The first-order valence-electron chi connectivity index (χ1n) is 8.88. The Bertz CT molecular complexity index is 1050. The van der Waals surface area contributed by atoms with Gasteiger partial charge < -0.3 is 10.1 Å². The van der Waals surface area contributed by atoms with Crippen molar-refractivity contribution in [1.29, 1.82) is 0 Å². The Hall–Kier alpha value is -3.25. The van der Waals surface area contributed by atoms with Crippen LogP contribution in [0.15, 0.2) is 83.3 Å². The topological polar surface area (TPSA) is 72.5 Å². The number of ketones is 1. The first kappa shape index (κ1) is 20.5. The maximum atomic E-state index is 13.0. The molecule has 0 aromatic heterocycles. The van der Waals surface area contributed by atoms with Crippen LogP contribution >= 0.6 is 15.9 Å². The van der Waals surface area contributed by atoms with Gasteiger partial charge in [0.1, 0.15) is 0 Å². The molecule has 0 saturated heterocycles. The van der Waals surface area contributed by atoms with Crippen molar-refractivity contribution in [2.75, 3.05) is 5.32 Å². The van der Waals surface area contributed by atoms with Crippen LogP contribution in [0, 0.1) is 0 Å². The second-order valence-electron chi connectivity index (χ2n) is 6.30. The van der Waals surface area contributed by atoms with E-state index in [1.165, 1.54) is 6.92 Å². The zero-order valence-electron chi connectivity index (χ0n) is 15.6. The van der Waals surface area contributed by atoms with Gasteiger partial charge in [-0.1, -0.05) is 54.6 Å². The Kier molecular flexibility index (Phi) is 6.57. The number of benzene rings is 3. The fourth-order valence-corrected chi connectivity index (χ4v) is 3.17. The molecule has 3 aromatic carbocycles. The van der Waals surface area contributed by atoms with E-state index in [1.807, 2.05) is 6.07 Å². The molecule has 1 amide bonds. The van der Waals surface area contributed by atoms with Crippen molar-refractivity contribution in [2.45, 2.75) is 13.0 Å². The molecule has 146 valence electrons. The van der Waals surface area contributed by atoms with Gasteiger partial charge in [0, 0.05) is 21.3 Å². The van der Waals surface area contributed by atoms with Crippen molar-refractivity contribution >= 4 is 39.3 Å². The first-order valence-corrected chi connectivity index (χ1v) is 9.67. The summed E-state index contributed by atoms with van der Waals surface area (Å²) in [4.78, 5) is 37.2. The minimum atomic E-state index is -1.16. The molecule has 0 fully saturated rings. The highest BCUT2D eigenvalue weighted by Crippen LogP contribution is 2.24. The van der Waals surface area contributed by atoms with Gasteiger partial charge in [-0.3, -0.25) is 9.59 Å². The number of hydrogen-bond donors (Lipinski definition) is 1. The van der Waals surface area contributed by atoms with Gasteiger partial charge in [0.2, 0.25) is 6.10 Å². The summed E-state index contributed by atoms with van der Waals surface area (Å²) in [7, 11) is 0. The van der Waals surface area contributed by atoms with E-state index in [4.69, 9.17) is 4.74 Å². The van der Waals surface area contributed by atoms with Crippen molar-refractivity contribution in [3.05, 3.63) is 100 Å². The number of amides is 1. The van der Waals surface area contributed by atoms with E-state index in [-0.39, 0.29) is 5.78 Å². The van der Waals surface area contributed by atoms with Crippen LogP contribution in [-0.4, -0.2) is 17.7 Å². The highest BCUT2D eigenvalue weighted by Gasteiger charge is 2.26. The first-order chi connectivity index (χ1) is 14.0. The number of nitrogens with one attached hydrogen (secondary N) is 1. The molecule has 5 nitrogen and oxygen atoms in total. The van der Waals surface area contributed by atoms with Crippen LogP contribution in [0.1, 0.15) is 39.3 Å². The maximum Gasteiger partial charge on any atom is 0.340 e. The van der Waals surface area contributed by atoms with Crippen LogP contribution in [0.2, 0.25) is 0 Å². The average Bonchev–Trinajstić information content (AvgIpc) is 2.73. The molecule has 0 radical (unpaired) electrons. The average molecular weight is 452 g/mol. The summed E-state index contributed by atoms with van der Waals surface area (Å²) in [6, 6.07) is 22.2. The molecule has 0 unspecified atom stereocenters. The lowest BCUT2D eigenvalue weighted by molar-refractivity contribution is -0.125. The van der Waals surface area contributed by atoms with Crippen LogP contribution in [0.25, 0.3) is 0 Å². The molecule has 6 heteroatoms. The van der Waals surface area contributed by atoms with Gasteiger partial charge in [-0.15, -0.1) is 0 Å². The summed E-state index contributed by atoms with van der Waals surface area (Å²) in [6.07, 6.45) is -1.16. The van der Waals surface area contributed by atoms with E-state index in [1.54, 1.807) is 72.8 Å². The number of hydrogen-bond acceptors (Lipinski definition) is 4. The standard InChI is InChI=1S/C23H18BrNO4/c1-15(26)17-10-7-11-18(14-17)25-22(27)21(16-8-3-2-4-9-16)29-23(28)19-12-5-6-13-20(19)24/h2-14,21H,1H3,(H,25,27)/t21-/m0/s1. The number of esters is 1. The van der Waals surface area contributed by atoms with Gasteiger partial charge in [-0.25, -0.2) is 4.79 Å².